The van der Waals surface area contributed by atoms with E-state index in [2.05, 4.69) is 4.74 Å². The topological polar surface area (TPSA) is 87.2 Å². The molecule has 0 atom stereocenters. The minimum Gasteiger partial charge on any atom is -0.481 e. The van der Waals surface area contributed by atoms with Crippen molar-refractivity contribution < 1.29 is 24.2 Å². The summed E-state index contributed by atoms with van der Waals surface area (Å²) in [7, 11) is 1.27. The summed E-state index contributed by atoms with van der Waals surface area (Å²) < 4.78 is 4.56. The Morgan fingerprint density at radius 2 is 1.85 bits per heavy atom. The Morgan fingerprint density at radius 1 is 1.25 bits per heavy atom. The van der Waals surface area contributed by atoms with Crippen LogP contribution in [0.4, 0.5) is 4.79 Å². The van der Waals surface area contributed by atoms with Crippen LogP contribution >= 0.6 is 0 Å². The van der Waals surface area contributed by atoms with Crippen molar-refractivity contribution in [1.82, 2.24) is 9.80 Å². The predicted molar refractivity (Wildman–Crippen MR) is 73.4 cm³/mol. The maximum Gasteiger partial charge on any atom is 0.325 e. The van der Waals surface area contributed by atoms with Crippen LogP contribution in [0, 0.1) is 0 Å². The lowest BCUT2D eigenvalue weighted by Crippen LogP contribution is -2.48. The number of hydrogen-bond donors (Lipinski definition) is 1. The fourth-order valence-electron chi connectivity index (χ4n) is 1.69. The third kappa shape index (κ3) is 6.40. The Kier molecular flexibility index (Phi) is 8.35. The van der Waals surface area contributed by atoms with Crippen molar-refractivity contribution in [3.8, 4) is 0 Å². The third-order valence-electron chi connectivity index (χ3n) is 2.86. The molecule has 116 valence electrons. The number of nitrogens with zero attached hydrogens (tertiary/aromatic N) is 2. The summed E-state index contributed by atoms with van der Waals surface area (Å²) in [5.41, 5.74) is 0. The number of hydrogen-bond acceptors (Lipinski definition) is 4. The number of carbonyl (C=O) groups excluding carboxylic acids is 2. The Balaban J connectivity index is 4.66. The molecule has 0 fully saturated rings. The molecule has 7 nitrogen and oxygen atoms in total. The monoisotopic (exact) mass is 288 g/mol. The van der Waals surface area contributed by atoms with E-state index in [0.717, 1.165) is 0 Å². The molecule has 0 bridgehead atoms. The largest absolute Gasteiger partial charge is 0.481 e. The molecule has 0 spiro atoms. The number of amides is 2. The van der Waals surface area contributed by atoms with Gasteiger partial charge in [0.15, 0.2) is 0 Å². The zero-order chi connectivity index (χ0) is 15.7. The van der Waals surface area contributed by atoms with Crippen LogP contribution in [0.2, 0.25) is 0 Å². The number of rotatable bonds is 8. The van der Waals surface area contributed by atoms with E-state index in [1.54, 1.807) is 11.8 Å². The molecule has 0 heterocycles. The van der Waals surface area contributed by atoms with Crippen molar-refractivity contribution in [3.63, 3.8) is 0 Å². The smallest absolute Gasteiger partial charge is 0.325 e. The SMILES string of the molecule is CCN(CC(=O)OC)C(=O)N(CCCC(=O)O)C(C)C. The summed E-state index contributed by atoms with van der Waals surface area (Å²) >= 11 is 0. The number of methoxy groups -OCH3 is 1. The molecule has 0 aliphatic carbocycles. The number of carbonyl (C=O) groups is 3. The standard InChI is InChI=1S/C13H24N2O5/c1-5-14(9-12(18)20-4)13(19)15(10(2)3)8-6-7-11(16)17/h10H,5-9H2,1-4H3,(H,16,17). The molecule has 0 aromatic heterocycles. The maximum atomic E-state index is 12.3. The average Bonchev–Trinajstić information content (AvgIpc) is 2.39. The summed E-state index contributed by atoms with van der Waals surface area (Å²) in [6.45, 7) is 6.11. The lowest BCUT2D eigenvalue weighted by atomic mass is 10.2. The lowest BCUT2D eigenvalue weighted by molar-refractivity contribution is -0.141. The number of carboxylic acid groups (broad SMARTS) is 1. The van der Waals surface area contributed by atoms with E-state index >= 15 is 0 Å². The van der Waals surface area contributed by atoms with Gasteiger partial charge in [0.2, 0.25) is 0 Å². The number of ether oxygens (including phenoxy) is 1. The molecule has 1 N–H and O–H groups in total. The van der Waals surface area contributed by atoms with Crippen LogP contribution in [0.25, 0.3) is 0 Å². The van der Waals surface area contributed by atoms with Crippen LogP contribution in [0.5, 0.6) is 0 Å². The summed E-state index contributed by atoms with van der Waals surface area (Å²) in [4.78, 5) is 37.1. The normalized spacial score (nSPS) is 10.2. The van der Waals surface area contributed by atoms with Gasteiger partial charge in [-0.3, -0.25) is 9.59 Å². The van der Waals surface area contributed by atoms with Crippen molar-refractivity contribution in [2.24, 2.45) is 0 Å². The zero-order valence-corrected chi connectivity index (χ0v) is 12.6. The van der Waals surface area contributed by atoms with Crippen molar-refractivity contribution in [2.45, 2.75) is 39.7 Å². The summed E-state index contributed by atoms with van der Waals surface area (Å²) in [6, 6.07) is -0.346. The molecule has 0 aromatic rings. The fraction of sp³-hybridized carbons (Fsp3) is 0.769. The van der Waals surface area contributed by atoms with Gasteiger partial charge >= 0.3 is 18.0 Å². The van der Waals surface area contributed by atoms with Gasteiger partial charge in [0, 0.05) is 25.6 Å². The summed E-state index contributed by atoms with van der Waals surface area (Å²) in [5, 5.41) is 8.63. The van der Waals surface area contributed by atoms with Gasteiger partial charge in [-0.25, -0.2) is 4.79 Å². The van der Waals surface area contributed by atoms with Gasteiger partial charge in [-0.2, -0.15) is 0 Å². The minimum absolute atomic E-state index is 0.0135. The van der Waals surface area contributed by atoms with E-state index < -0.39 is 11.9 Å². The quantitative estimate of drug-likeness (QED) is 0.678. The Morgan fingerprint density at radius 3 is 2.25 bits per heavy atom. The highest BCUT2D eigenvalue weighted by molar-refractivity contribution is 5.81. The molecule has 0 saturated carbocycles. The van der Waals surface area contributed by atoms with Crippen LogP contribution in [0.15, 0.2) is 0 Å². The molecule has 20 heavy (non-hydrogen) atoms. The molecule has 0 unspecified atom stereocenters. The molecule has 0 aliphatic heterocycles. The molecule has 2 amide bonds. The van der Waals surface area contributed by atoms with E-state index in [0.29, 0.717) is 19.5 Å². The van der Waals surface area contributed by atoms with E-state index in [-0.39, 0.29) is 25.0 Å². The molecular weight excluding hydrogens is 264 g/mol. The Bertz CT molecular complexity index is 344. The van der Waals surface area contributed by atoms with Gasteiger partial charge in [-0.15, -0.1) is 0 Å². The first-order valence-corrected chi connectivity index (χ1v) is 6.67. The summed E-state index contributed by atoms with van der Waals surface area (Å²) in [6.07, 6.45) is 0.397. The van der Waals surface area contributed by atoms with E-state index in [1.165, 1.54) is 12.0 Å². The molecule has 0 rings (SSSR count). The van der Waals surface area contributed by atoms with Gasteiger partial charge in [-0.1, -0.05) is 0 Å². The lowest BCUT2D eigenvalue weighted by Gasteiger charge is -2.32. The van der Waals surface area contributed by atoms with Crippen LogP contribution in [-0.4, -0.2) is 65.7 Å². The number of carboxylic acids is 1. The predicted octanol–water partition coefficient (Wildman–Crippen LogP) is 1.18. The van der Waals surface area contributed by atoms with E-state index in [4.69, 9.17) is 5.11 Å². The first-order valence-electron chi connectivity index (χ1n) is 6.67. The van der Waals surface area contributed by atoms with Gasteiger partial charge < -0.3 is 19.6 Å². The number of aliphatic carboxylic acids is 1. The Labute approximate surface area is 119 Å². The molecule has 0 aliphatic rings. The van der Waals surface area contributed by atoms with Crippen LogP contribution in [0.3, 0.4) is 0 Å². The second kappa shape index (κ2) is 9.17. The first kappa shape index (κ1) is 18.2. The van der Waals surface area contributed by atoms with E-state index in [1.807, 2.05) is 13.8 Å². The van der Waals surface area contributed by atoms with Gasteiger partial charge in [0.05, 0.1) is 7.11 Å². The third-order valence-corrected chi connectivity index (χ3v) is 2.86. The van der Waals surface area contributed by atoms with Gasteiger partial charge in [0.25, 0.3) is 0 Å². The first-order chi connectivity index (χ1) is 9.33. The highest BCUT2D eigenvalue weighted by Gasteiger charge is 2.24. The van der Waals surface area contributed by atoms with Gasteiger partial charge in [-0.05, 0) is 27.2 Å². The van der Waals surface area contributed by atoms with E-state index in [9.17, 15) is 14.4 Å². The minimum atomic E-state index is -0.886. The zero-order valence-electron chi connectivity index (χ0n) is 12.6. The molecule has 0 saturated heterocycles. The van der Waals surface area contributed by atoms with Crippen LogP contribution in [-0.2, 0) is 14.3 Å². The summed E-state index contributed by atoms with van der Waals surface area (Å²) in [5.74, 6) is -1.36. The number of esters is 1. The van der Waals surface area contributed by atoms with Crippen LogP contribution in [0.1, 0.15) is 33.6 Å². The highest BCUT2D eigenvalue weighted by atomic mass is 16.5. The van der Waals surface area contributed by atoms with Crippen LogP contribution < -0.4 is 0 Å². The van der Waals surface area contributed by atoms with Crippen molar-refractivity contribution in [3.05, 3.63) is 0 Å². The second-order valence-electron chi connectivity index (χ2n) is 4.66. The Hall–Kier alpha value is -1.79. The number of urea groups is 1. The maximum absolute atomic E-state index is 12.3. The van der Waals surface area contributed by atoms with Crippen molar-refractivity contribution in [2.75, 3.05) is 26.7 Å². The van der Waals surface area contributed by atoms with Gasteiger partial charge in [0.1, 0.15) is 6.54 Å². The average molecular weight is 288 g/mol. The second-order valence-corrected chi connectivity index (χ2v) is 4.66. The fourth-order valence-corrected chi connectivity index (χ4v) is 1.69. The highest BCUT2D eigenvalue weighted by Crippen LogP contribution is 2.07. The molecular formula is C13H24N2O5. The molecule has 0 radical (unpaired) electrons. The van der Waals surface area contributed by atoms with Crippen molar-refractivity contribution >= 4 is 18.0 Å². The number of likely N-dealkylation sites (N-methyl/N-ethyl adjacent to an activating group) is 1. The van der Waals surface area contributed by atoms with Crippen molar-refractivity contribution in [1.29, 1.82) is 0 Å². The molecule has 0 aromatic carbocycles. The molecule has 7 heteroatoms.